The van der Waals surface area contributed by atoms with Gasteiger partial charge in [0, 0.05) is 24.0 Å². The number of rotatable bonds is 4. The van der Waals surface area contributed by atoms with Crippen LogP contribution in [-0.2, 0) is 11.2 Å². The maximum absolute atomic E-state index is 12.2. The van der Waals surface area contributed by atoms with E-state index >= 15 is 0 Å². The molecule has 1 fully saturated rings. The summed E-state index contributed by atoms with van der Waals surface area (Å²) >= 11 is 3.42. The standard InChI is InChI=1S/C15H21BrN2O/c1-18(14-8-10-17-11-9-14)15(19)7-4-12-2-5-13(16)6-3-12/h2-3,5-6,14,17H,4,7-11H2,1H3. The topological polar surface area (TPSA) is 32.3 Å². The quantitative estimate of drug-likeness (QED) is 0.923. The van der Waals surface area contributed by atoms with E-state index in [0.717, 1.165) is 36.8 Å². The Hall–Kier alpha value is -0.870. The molecule has 104 valence electrons. The number of piperidine rings is 1. The number of carbonyl (C=O) groups excluding carboxylic acids is 1. The van der Waals surface area contributed by atoms with Gasteiger partial charge in [-0.25, -0.2) is 0 Å². The van der Waals surface area contributed by atoms with Crippen molar-refractivity contribution < 1.29 is 4.79 Å². The summed E-state index contributed by atoms with van der Waals surface area (Å²) in [7, 11) is 1.94. The van der Waals surface area contributed by atoms with E-state index in [9.17, 15) is 4.79 Å². The van der Waals surface area contributed by atoms with Gasteiger partial charge >= 0.3 is 0 Å². The molecule has 0 spiro atoms. The Balaban J connectivity index is 1.81. The molecule has 2 rings (SSSR count). The molecule has 0 unspecified atom stereocenters. The number of hydrogen-bond acceptors (Lipinski definition) is 2. The second-order valence-corrected chi connectivity index (χ2v) is 6.03. The molecule has 1 aliphatic heterocycles. The summed E-state index contributed by atoms with van der Waals surface area (Å²) in [5.41, 5.74) is 1.22. The van der Waals surface area contributed by atoms with Crippen LogP contribution in [-0.4, -0.2) is 37.0 Å². The van der Waals surface area contributed by atoms with Gasteiger partial charge in [0.15, 0.2) is 0 Å². The summed E-state index contributed by atoms with van der Waals surface area (Å²) in [4.78, 5) is 14.1. The van der Waals surface area contributed by atoms with Gasteiger partial charge in [0.2, 0.25) is 5.91 Å². The fraction of sp³-hybridized carbons (Fsp3) is 0.533. The van der Waals surface area contributed by atoms with Gasteiger partial charge in [-0.1, -0.05) is 28.1 Å². The van der Waals surface area contributed by atoms with E-state index in [-0.39, 0.29) is 5.91 Å². The average Bonchev–Trinajstić information content (AvgIpc) is 2.46. The minimum absolute atomic E-state index is 0.259. The molecule has 3 nitrogen and oxygen atoms in total. The van der Waals surface area contributed by atoms with Crippen molar-refractivity contribution in [2.24, 2.45) is 0 Å². The SMILES string of the molecule is CN(C(=O)CCc1ccc(Br)cc1)C1CCNCC1. The van der Waals surface area contributed by atoms with Crippen molar-refractivity contribution in [2.45, 2.75) is 31.7 Å². The lowest BCUT2D eigenvalue weighted by atomic mass is 10.0. The van der Waals surface area contributed by atoms with Gasteiger partial charge in [-0.2, -0.15) is 0 Å². The maximum Gasteiger partial charge on any atom is 0.222 e. The zero-order valence-corrected chi connectivity index (χ0v) is 12.9. The van der Waals surface area contributed by atoms with Gasteiger partial charge in [0.1, 0.15) is 0 Å². The highest BCUT2D eigenvalue weighted by Crippen LogP contribution is 2.14. The molecule has 0 atom stereocenters. The van der Waals surface area contributed by atoms with Crippen molar-refractivity contribution in [3.63, 3.8) is 0 Å². The monoisotopic (exact) mass is 324 g/mol. The third-order valence-corrected chi connectivity index (χ3v) is 4.32. The van der Waals surface area contributed by atoms with Crippen molar-refractivity contribution >= 4 is 21.8 Å². The predicted octanol–water partition coefficient (Wildman–Crippen LogP) is 2.59. The molecule has 1 amide bonds. The molecule has 0 saturated carbocycles. The number of halogens is 1. The molecule has 0 aliphatic carbocycles. The summed E-state index contributed by atoms with van der Waals surface area (Å²) in [6, 6.07) is 8.61. The van der Waals surface area contributed by atoms with Crippen molar-refractivity contribution in [1.29, 1.82) is 0 Å². The number of aryl methyl sites for hydroxylation is 1. The first-order valence-corrected chi connectivity index (χ1v) is 7.67. The Kier molecular flexibility index (Phi) is 5.40. The largest absolute Gasteiger partial charge is 0.343 e. The fourth-order valence-corrected chi connectivity index (χ4v) is 2.74. The van der Waals surface area contributed by atoms with Gasteiger partial charge in [-0.3, -0.25) is 4.79 Å². The molecular weight excluding hydrogens is 304 g/mol. The van der Waals surface area contributed by atoms with Crippen molar-refractivity contribution in [3.8, 4) is 0 Å². The Bertz CT molecular complexity index is 413. The van der Waals surface area contributed by atoms with Crippen LogP contribution < -0.4 is 5.32 Å². The highest BCUT2D eigenvalue weighted by molar-refractivity contribution is 9.10. The molecule has 4 heteroatoms. The van der Waals surface area contributed by atoms with Crippen LogP contribution in [0.5, 0.6) is 0 Å². The lowest BCUT2D eigenvalue weighted by Crippen LogP contribution is -2.44. The normalized spacial score (nSPS) is 16.3. The van der Waals surface area contributed by atoms with Crippen LogP contribution in [0.2, 0.25) is 0 Å². The van der Waals surface area contributed by atoms with Gasteiger partial charge < -0.3 is 10.2 Å². The highest BCUT2D eigenvalue weighted by Gasteiger charge is 2.21. The van der Waals surface area contributed by atoms with E-state index in [4.69, 9.17) is 0 Å². The summed E-state index contributed by atoms with van der Waals surface area (Å²) in [6.07, 6.45) is 3.56. The minimum atomic E-state index is 0.259. The Morgan fingerprint density at radius 2 is 1.95 bits per heavy atom. The van der Waals surface area contributed by atoms with Crippen molar-refractivity contribution in [1.82, 2.24) is 10.2 Å². The predicted molar refractivity (Wildman–Crippen MR) is 81.1 cm³/mol. The third-order valence-electron chi connectivity index (χ3n) is 3.79. The molecule has 0 radical (unpaired) electrons. The average molecular weight is 325 g/mol. The van der Waals surface area contributed by atoms with Crippen LogP contribution in [0.15, 0.2) is 28.7 Å². The Morgan fingerprint density at radius 3 is 2.58 bits per heavy atom. The smallest absolute Gasteiger partial charge is 0.222 e. The second-order valence-electron chi connectivity index (χ2n) is 5.11. The van der Waals surface area contributed by atoms with Gasteiger partial charge in [0.05, 0.1) is 0 Å². The molecule has 1 heterocycles. The maximum atomic E-state index is 12.2. The zero-order valence-electron chi connectivity index (χ0n) is 11.4. The number of amides is 1. The number of nitrogens with zero attached hydrogens (tertiary/aromatic N) is 1. The number of carbonyl (C=O) groups is 1. The molecule has 1 aromatic carbocycles. The third kappa shape index (κ3) is 4.32. The first-order chi connectivity index (χ1) is 9.16. The summed E-state index contributed by atoms with van der Waals surface area (Å²) in [5.74, 6) is 0.259. The van der Waals surface area contributed by atoms with Crippen molar-refractivity contribution in [3.05, 3.63) is 34.3 Å². The van der Waals surface area contributed by atoms with Gasteiger partial charge in [0.25, 0.3) is 0 Å². The highest BCUT2D eigenvalue weighted by atomic mass is 79.9. The molecule has 19 heavy (non-hydrogen) atoms. The fourth-order valence-electron chi connectivity index (χ4n) is 2.48. The summed E-state index contributed by atoms with van der Waals surface area (Å²) in [6.45, 7) is 2.05. The molecule has 1 N–H and O–H groups in total. The summed E-state index contributed by atoms with van der Waals surface area (Å²) in [5, 5.41) is 3.33. The Morgan fingerprint density at radius 1 is 1.32 bits per heavy atom. The second kappa shape index (κ2) is 7.06. The van der Waals surface area contributed by atoms with Gasteiger partial charge in [-0.05, 0) is 50.0 Å². The van der Waals surface area contributed by atoms with E-state index < -0.39 is 0 Å². The van der Waals surface area contributed by atoms with Crippen LogP contribution in [0.1, 0.15) is 24.8 Å². The van der Waals surface area contributed by atoms with E-state index in [0.29, 0.717) is 12.5 Å². The van der Waals surface area contributed by atoms with Crippen molar-refractivity contribution in [2.75, 3.05) is 20.1 Å². The van der Waals surface area contributed by atoms with E-state index in [2.05, 4.69) is 33.4 Å². The molecule has 0 bridgehead atoms. The number of hydrogen-bond donors (Lipinski definition) is 1. The lowest BCUT2D eigenvalue weighted by molar-refractivity contribution is -0.132. The lowest BCUT2D eigenvalue weighted by Gasteiger charge is -2.31. The van der Waals surface area contributed by atoms with Gasteiger partial charge in [-0.15, -0.1) is 0 Å². The van der Waals surface area contributed by atoms with Crippen LogP contribution in [0.4, 0.5) is 0 Å². The molecule has 1 saturated heterocycles. The first kappa shape index (κ1) is 14.5. The van der Waals surface area contributed by atoms with Crippen LogP contribution in [0, 0.1) is 0 Å². The Labute approximate surface area is 123 Å². The van der Waals surface area contributed by atoms with E-state index in [1.165, 1.54) is 5.56 Å². The van der Waals surface area contributed by atoms with Crippen LogP contribution >= 0.6 is 15.9 Å². The molecule has 0 aromatic heterocycles. The number of nitrogens with one attached hydrogen (secondary N) is 1. The first-order valence-electron chi connectivity index (χ1n) is 6.87. The number of benzene rings is 1. The zero-order chi connectivity index (χ0) is 13.7. The molecule has 1 aromatic rings. The molecular formula is C15H21BrN2O. The summed E-state index contributed by atoms with van der Waals surface area (Å²) < 4.78 is 1.08. The molecule has 1 aliphatic rings. The van der Waals surface area contributed by atoms with Crippen LogP contribution in [0.25, 0.3) is 0 Å². The minimum Gasteiger partial charge on any atom is -0.343 e. The van der Waals surface area contributed by atoms with Crippen LogP contribution in [0.3, 0.4) is 0 Å². The van der Waals surface area contributed by atoms with E-state index in [1.807, 2.05) is 24.1 Å². The van der Waals surface area contributed by atoms with E-state index in [1.54, 1.807) is 0 Å².